The Balaban J connectivity index is 1.31. The van der Waals surface area contributed by atoms with Crippen molar-refractivity contribution < 1.29 is 23.9 Å². The van der Waals surface area contributed by atoms with Gasteiger partial charge >= 0.3 is 5.97 Å². The molecule has 0 radical (unpaired) electrons. The number of likely N-dealkylation sites (tertiary alicyclic amines) is 1. The molecule has 1 heterocycles. The topological polar surface area (TPSA) is 76.1 Å². The van der Waals surface area contributed by atoms with Gasteiger partial charge in [0.05, 0.1) is 13.0 Å². The molecule has 2 aromatic rings. The number of hydrogen-bond donors (Lipinski definition) is 0. The van der Waals surface area contributed by atoms with Crippen LogP contribution in [0.1, 0.15) is 50.2 Å². The summed E-state index contributed by atoms with van der Waals surface area (Å²) in [5.74, 6) is 1.18. The van der Waals surface area contributed by atoms with Crippen LogP contribution in [0, 0.1) is 11.8 Å². The predicted molar refractivity (Wildman–Crippen MR) is 151 cm³/mol. The van der Waals surface area contributed by atoms with Gasteiger partial charge in [-0.1, -0.05) is 55.3 Å². The lowest BCUT2D eigenvalue weighted by Gasteiger charge is -2.22. The Bertz CT molecular complexity index is 1130. The maximum absolute atomic E-state index is 13.1. The summed E-state index contributed by atoms with van der Waals surface area (Å²) in [5.41, 5.74) is 2.30. The number of fused-ring (bicyclic) bond motifs is 1. The summed E-state index contributed by atoms with van der Waals surface area (Å²) in [6, 6.07) is 17.2. The van der Waals surface area contributed by atoms with Gasteiger partial charge in [0.25, 0.3) is 5.91 Å². The summed E-state index contributed by atoms with van der Waals surface area (Å²) in [7, 11) is 1.77. The molecule has 7 heteroatoms. The van der Waals surface area contributed by atoms with Crippen LogP contribution < -0.4 is 4.74 Å². The predicted octanol–water partition coefficient (Wildman–Crippen LogP) is 4.75. The van der Waals surface area contributed by atoms with Gasteiger partial charge in [-0.2, -0.15) is 0 Å². The lowest BCUT2D eigenvalue weighted by Crippen LogP contribution is -2.33. The molecule has 2 atom stereocenters. The van der Waals surface area contributed by atoms with Gasteiger partial charge in [0.15, 0.2) is 6.61 Å². The highest BCUT2D eigenvalue weighted by atomic mass is 16.5. The van der Waals surface area contributed by atoms with Gasteiger partial charge in [-0.25, -0.2) is 4.79 Å². The Labute approximate surface area is 231 Å². The smallest absolute Gasteiger partial charge is 0.334 e. The fourth-order valence-electron chi connectivity index (χ4n) is 5.47. The third-order valence-corrected chi connectivity index (χ3v) is 7.80. The van der Waals surface area contributed by atoms with Crippen molar-refractivity contribution in [2.45, 2.75) is 45.4 Å². The first-order chi connectivity index (χ1) is 18.9. The summed E-state index contributed by atoms with van der Waals surface area (Å²) in [6.45, 7) is 4.16. The molecule has 1 aliphatic heterocycles. The Morgan fingerprint density at radius 2 is 1.64 bits per heavy atom. The molecule has 0 N–H and O–H groups in total. The van der Waals surface area contributed by atoms with Crippen molar-refractivity contribution in [3.63, 3.8) is 0 Å². The molecule has 2 fully saturated rings. The minimum Gasteiger partial charge on any atom is -0.484 e. The summed E-state index contributed by atoms with van der Waals surface area (Å²) in [6.07, 6.45) is 7.41. The number of hydrogen-bond acceptors (Lipinski definition) is 5. The molecule has 1 saturated heterocycles. The molecular formula is C32H40N2O5. The lowest BCUT2D eigenvalue weighted by atomic mass is 9.82. The monoisotopic (exact) mass is 532 g/mol. The van der Waals surface area contributed by atoms with Crippen molar-refractivity contribution >= 4 is 23.9 Å². The van der Waals surface area contributed by atoms with Crippen molar-refractivity contribution in [1.29, 1.82) is 0 Å². The highest BCUT2D eigenvalue weighted by Gasteiger charge is 2.36. The van der Waals surface area contributed by atoms with E-state index in [1.54, 1.807) is 37.1 Å². The first-order valence-electron chi connectivity index (χ1n) is 14.1. The molecule has 0 aromatic heterocycles. The number of ether oxygens (including phenoxy) is 2. The maximum Gasteiger partial charge on any atom is 0.334 e. The normalized spacial score (nSPS) is 18.8. The minimum atomic E-state index is -0.466. The van der Waals surface area contributed by atoms with Crippen LogP contribution in [0.4, 0.5) is 0 Å². The second-order valence-corrected chi connectivity index (χ2v) is 10.6. The standard InChI is InChI=1S/C32H40N2O5/c1-3-38-32(37)28(20-30(35)34-21-26-11-7-8-12-27(26)22-34)19-25-13-15-29(16-14-25)39-23-31(36)33(2)18-17-24-9-5-4-6-10-24/h4-6,9-10,13-16,19,26-27H,3,7-8,11-12,17-18,20-23H2,1-2H3/b28-19+/t26-,27+. The van der Waals surface area contributed by atoms with E-state index in [9.17, 15) is 14.4 Å². The van der Waals surface area contributed by atoms with Crippen LogP contribution in [-0.4, -0.2) is 67.5 Å². The quantitative estimate of drug-likeness (QED) is 0.308. The van der Waals surface area contributed by atoms with Crippen LogP contribution in [0.2, 0.25) is 0 Å². The van der Waals surface area contributed by atoms with E-state index in [2.05, 4.69) is 0 Å². The molecule has 7 nitrogen and oxygen atoms in total. The van der Waals surface area contributed by atoms with Crippen LogP contribution in [-0.2, 0) is 25.5 Å². The average Bonchev–Trinajstić information content (AvgIpc) is 3.40. The van der Waals surface area contributed by atoms with Crippen molar-refractivity contribution in [2.24, 2.45) is 11.8 Å². The van der Waals surface area contributed by atoms with E-state index in [1.165, 1.54) is 31.2 Å². The molecule has 0 unspecified atom stereocenters. The molecule has 2 aromatic carbocycles. The fraction of sp³-hybridized carbons (Fsp3) is 0.469. The number of carbonyl (C=O) groups is 3. The zero-order valence-electron chi connectivity index (χ0n) is 23.1. The molecule has 1 saturated carbocycles. The van der Waals surface area contributed by atoms with E-state index < -0.39 is 5.97 Å². The van der Waals surface area contributed by atoms with Crippen molar-refractivity contribution in [3.8, 4) is 5.75 Å². The number of amides is 2. The molecule has 4 rings (SSSR count). The highest BCUT2D eigenvalue weighted by molar-refractivity contribution is 5.99. The van der Waals surface area contributed by atoms with Gasteiger partial charge < -0.3 is 19.3 Å². The van der Waals surface area contributed by atoms with Crippen LogP contribution in [0.3, 0.4) is 0 Å². The number of carbonyl (C=O) groups excluding carboxylic acids is 3. The molecule has 2 aliphatic rings. The molecule has 2 amide bonds. The molecule has 208 valence electrons. The van der Waals surface area contributed by atoms with Gasteiger partial charge in [0.1, 0.15) is 5.75 Å². The summed E-state index contributed by atoms with van der Waals surface area (Å²) >= 11 is 0. The maximum atomic E-state index is 13.1. The third kappa shape index (κ3) is 8.19. The average molecular weight is 533 g/mol. The second-order valence-electron chi connectivity index (χ2n) is 10.6. The number of likely N-dealkylation sites (N-methyl/N-ethyl adjacent to an activating group) is 1. The Morgan fingerprint density at radius 3 is 2.28 bits per heavy atom. The van der Waals surface area contributed by atoms with E-state index in [-0.39, 0.29) is 31.4 Å². The number of esters is 1. The lowest BCUT2D eigenvalue weighted by molar-refractivity contribution is -0.140. The van der Waals surface area contributed by atoms with Gasteiger partial charge in [-0.15, -0.1) is 0 Å². The van der Waals surface area contributed by atoms with E-state index in [0.717, 1.165) is 25.1 Å². The van der Waals surface area contributed by atoms with Gasteiger partial charge in [0.2, 0.25) is 5.91 Å². The zero-order chi connectivity index (χ0) is 27.6. The van der Waals surface area contributed by atoms with Crippen molar-refractivity contribution in [2.75, 3.05) is 39.9 Å². The first-order valence-corrected chi connectivity index (χ1v) is 14.1. The number of benzene rings is 2. The molecule has 0 spiro atoms. The van der Waals surface area contributed by atoms with Crippen molar-refractivity contribution in [1.82, 2.24) is 9.80 Å². The van der Waals surface area contributed by atoms with E-state index in [1.807, 2.05) is 47.4 Å². The van der Waals surface area contributed by atoms with Gasteiger partial charge in [-0.3, -0.25) is 9.59 Å². The summed E-state index contributed by atoms with van der Waals surface area (Å²) < 4.78 is 10.9. The second kappa shape index (κ2) is 14.0. The highest BCUT2D eigenvalue weighted by Crippen LogP contribution is 2.36. The molecule has 0 bridgehead atoms. The van der Waals surface area contributed by atoms with E-state index >= 15 is 0 Å². The van der Waals surface area contributed by atoms with Gasteiger partial charge in [-0.05, 0) is 67.4 Å². The molecular weight excluding hydrogens is 492 g/mol. The van der Waals surface area contributed by atoms with E-state index in [0.29, 0.717) is 29.7 Å². The van der Waals surface area contributed by atoms with Crippen LogP contribution in [0.15, 0.2) is 60.2 Å². The van der Waals surface area contributed by atoms with Crippen LogP contribution >= 0.6 is 0 Å². The molecule has 1 aliphatic carbocycles. The van der Waals surface area contributed by atoms with Crippen molar-refractivity contribution in [3.05, 3.63) is 71.3 Å². The Kier molecular flexibility index (Phi) is 10.2. The fourth-order valence-corrected chi connectivity index (χ4v) is 5.47. The molecule has 39 heavy (non-hydrogen) atoms. The SMILES string of the molecule is CCOC(=O)/C(=C/c1ccc(OCC(=O)N(C)CCc2ccccc2)cc1)CC(=O)N1C[C@H]2CCCC[C@H]2C1. The largest absolute Gasteiger partial charge is 0.484 e. The Hall–Kier alpha value is -3.61. The van der Waals surface area contributed by atoms with Crippen LogP contribution in [0.25, 0.3) is 6.08 Å². The number of nitrogens with zero attached hydrogens (tertiary/aromatic N) is 2. The third-order valence-electron chi connectivity index (χ3n) is 7.80. The zero-order valence-corrected chi connectivity index (χ0v) is 23.1. The summed E-state index contributed by atoms with van der Waals surface area (Å²) in [5, 5.41) is 0. The van der Waals surface area contributed by atoms with E-state index in [4.69, 9.17) is 9.47 Å². The minimum absolute atomic E-state index is 0.0152. The Morgan fingerprint density at radius 1 is 0.974 bits per heavy atom. The number of rotatable bonds is 11. The summed E-state index contributed by atoms with van der Waals surface area (Å²) in [4.78, 5) is 41.9. The first kappa shape index (κ1) is 28.4. The van der Waals surface area contributed by atoms with Gasteiger partial charge in [0, 0.05) is 32.3 Å². The van der Waals surface area contributed by atoms with Crippen LogP contribution in [0.5, 0.6) is 5.75 Å².